The first-order valence-corrected chi connectivity index (χ1v) is 39.3. The van der Waals surface area contributed by atoms with Crippen molar-refractivity contribution >= 4 is 48.6 Å². The normalized spacial score (nSPS) is 16.2. The molecule has 0 unspecified atom stereocenters. The average Bonchev–Trinajstić information content (AvgIpc) is 1.12. The number of hydrogen-bond acceptors (Lipinski definition) is 3. The molecule has 0 bridgehead atoms. The number of halogens is 53. The van der Waals surface area contributed by atoms with Gasteiger partial charge in [-0.15, -0.1) is 0 Å². The molecule has 0 amide bonds. The van der Waals surface area contributed by atoms with E-state index in [4.69, 9.17) is 24.1 Å². The van der Waals surface area contributed by atoms with E-state index in [1.165, 1.54) is 44.8 Å². The van der Waals surface area contributed by atoms with Crippen LogP contribution in [0.5, 0.6) is 5.75 Å². The molecule has 0 spiro atoms. The smallest absolute Gasteiger partial charge is 0.208 e. The molecule has 1 fully saturated rings. The van der Waals surface area contributed by atoms with E-state index in [1.54, 1.807) is 0 Å². The first kappa shape index (κ1) is 108. The molecule has 692 valence electrons. The topological polar surface area (TPSA) is 15.7 Å². The van der Waals surface area contributed by atoms with Gasteiger partial charge in [0, 0.05) is 24.5 Å². The number of ether oxygens (including phenoxy) is 1. The van der Waals surface area contributed by atoms with Crippen molar-refractivity contribution < 1.29 is 242 Å². The van der Waals surface area contributed by atoms with E-state index in [0.717, 1.165) is 26.9 Å². The van der Waals surface area contributed by atoms with Crippen LogP contribution in [0.25, 0.3) is 0 Å². The van der Waals surface area contributed by atoms with E-state index in [-0.39, 0.29) is 10.7 Å². The summed E-state index contributed by atoms with van der Waals surface area (Å²) >= 11 is -4.08. The summed E-state index contributed by atoms with van der Waals surface area (Å²) in [6.45, 7) is 20.3. The van der Waals surface area contributed by atoms with Crippen LogP contribution >= 0.6 is 19.4 Å². The van der Waals surface area contributed by atoms with E-state index in [2.05, 4.69) is 82.3 Å². The third-order valence-corrected chi connectivity index (χ3v) is 24.9. The predicted molar refractivity (Wildman–Crippen MR) is 314 cm³/mol. The molecule has 0 aliphatic carbocycles. The molecule has 0 N–H and O–H groups in total. The molecule has 119 heavy (non-hydrogen) atoms. The molecule has 1 aliphatic heterocycles. The third kappa shape index (κ3) is 17.6. The average molecular weight is 2000 g/mol. The van der Waals surface area contributed by atoms with Crippen LogP contribution < -0.4 is 19.7 Å². The molecule has 58 heteroatoms. The first-order chi connectivity index (χ1) is 51.9. The number of benzene rings is 3. The van der Waals surface area contributed by atoms with Crippen LogP contribution in [0.2, 0.25) is 18.1 Å². The van der Waals surface area contributed by atoms with E-state index in [1.807, 2.05) is 0 Å². The number of nitrogens with zero attached hydrogens (tertiary/aromatic N) is 2. The first-order valence-electron chi connectivity index (χ1n) is 31.2. The van der Waals surface area contributed by atoms with Gasteiger partial charge in [0.05, 0.1) is 0 Å². The van der Waals surface area contributed by atoms with Crippen molar-refractivity contribution in [2.45, 2.75) is 242 Å². The maximum absolute atomic E-state index is 15.7. The van der Waals surface area contributed by atoms with Crippen LogP contribution in [-0.2, 0) is 13.5 Å². The summed E-state index contributed by atoms with van der Waals surface area (Å²) in [6, 6.07) is -3.93. The van der Waals surface area contributed by atoms with E-state index in [0.29, 0.717) is 0 Å². The second-order valence-corrected chi connectivity index (χ2v) is 37.2. The minimum Gasteiger partial charge on any atom is -0.339 e. The molecule has 1 heterocycles. The Hall–Kier alpha value is -5.22. The molecule has 3 nitrogen and oxygen atoms in total. The van der Waals surface area contributed by atoms with Crippen molar-refractivity contribution in [2.24, 2.45) is 0 Å². The van der Waals surface area contributed by atoms with Crippen LogP contribution in [0.4, 0.5) is 235 Å². The summed E-state index contributed by atoms with van der Waals surface area (Å²) in [7, 11) is 3.17. The van der Waals surface area contributed by atoms with Crippen molar-refractivity contribution in [1.82, 2.24) is 0 Å². The van der Waals surface area contributed by atoms with Gasteiger partial charge < -0.3 is 9.80 Å². The van der Waals surface area contributed by atoms with Gasteiger partial charge in [0.2, 0.25) is 6.67 Å². The molecule has 3 aromatic rings. The third-order valence-electron chi connectivity index (χ3n) is 17.9. The van der Waals surface area contributed by atoms with Gasteiger partial charge in [0.25, 0.3) is 0 Å². The van der Waals surface area contributed by atoms with Crippen molar-refractivity contribution in [3.8, 4) is 5.75 Å². The van der Waals surface area contributed by atoms with Gasteiger partial charge in [-0.1, -0.05) is 35.4 Å². The summed E-state index contributed by atoms with van der Waals surface area (Å²) in [5.74, 6) is -196. The monoisotopic (exact) mass is 1990 g/mol. The van der Waals surface area contributed by atoms with Crippen molar-refractivity contribution in [3.63, 3.8) is 0 Å². The molecule has 1 aliphatic rings. The standard InChI is InChI=1S/C40H23F51OSi.C21H26N2.2ClH.Ru/c1-13(2)92-16-5-4-15(12-14(16)3)93(9-6-17(41,42)20(47,48)23(53,54)26(59,60)29(65,66)32(71,72)35(77,78)38(83,84)85,10-7-18(43,44)21(49,50)24(55,56)27(61,62)30(67,68)33(73,74)36(79,80)39(86,87)88)11-8-19(45,46)22(51,52)25(57,58)28(63,64)31(69,70)34(75,76)37(81,82)40(89,90)91;1-14-9-16(3)20(17(4)10-14)22-7-8-23(13-22)21-18(5)11-15(2)12-19(21)6;;;/h3-5,12-13H,6-11H2,1-2H3;9-12H,7-8H2,1-6H3;2*1H;/q;;;;+2/p-2. The molecule has 0 aromatic heterocycles. The number of anilines is 2. The van der Waals surface area contributed by atoms with Gasteiger partial charge in [0.1, 0.15) is 0 Å². The number of alkyl halides is 51. The zero-order valence-electron chi connectivity index (χ0n) is 59.0. The molecule has 0 atom stereocenters. The maximum atomic E-state index is 15.7. The van der Waals surface area contributed by atoms with Crippen LogP contribution in [0, 0.1) is 48.2 Å². The minimum absolute atomic E-state index is 0.0743. The number of hydrogen-bond donors (Lipinski definition) is 0. The van der Waals surface area contributed by atoms with E-state index >= 15 is 52.7 Å². The van der Waals surface area contributed by atoms with Gasteiger partial charge in [-0.2, -0.15) is 119 Å². The Morgan fingerprint density at radius 3 is 0.748 bits per heavy atom. The largest absolute Gasteiger partial charge is 0.339 e. The van der Waals surface area contributed by atoms with Crippen LogP contribution in [-0.4, -0.2) is 175 Å². The van der Waals surface area contributed by atoms with Crippen molar-refractivity contribution in [2.75, 3.05) is 22.9 Å². The second-order valence-electron chi connectivity index (χ2n) is 26.9. The minimum atomic E-state index is -9.73. The summed E-state index contributed by atoms with van der Waals surface area (Å²) in [6.07, 6.45) is -40.8. The second kappa shape index (κ2) is 32.6. The van der Waals surface area contributed by atoms with Gasteiger partial charge >= 0.3 is 391 Å². The summed E-state index contributed by atoms with van der Waals surface area (Å²) in [4.78, 5) is 4.56. The Kier molecular flexibility index (Phi) is 29.6. The van der Waals surface area contributed by atoms with Crippen LogP contribution in [0.1, 0.15) is 72.1 Å². The number of rotatable bonds is 33. The van der Waals surface area contributed by atoms with Gasteiger partial charge in [-0.05, 0) is 63.8 Å². The predicted octanol–water partition coefficient (Wildman–Crippen LogP) is 26.3. The van der Waals surface area contributed by atoms with Crippen LogP contribution in [0.15, 0.2) is 42.5 Å². The Morgan fingerprint density at radius 1 is 0.336 bits per heavy atom. The van der Waals surface area contributed by atoms with E-state index in [9.17, 15) is 171 Å². The van der Waals surface area contributed by atoms with Gasteiger partial charge in [0.15, 0.2) is 0 Å². The maximum Gasteiger partial charge on any atom is 0.208 e. The summed E-state index contributed by atoms with van der Waals surface area (Å²) in [5.41, 5.74) is 9.11. The molecular formula is C61H49Cl2F51N2ORuSi. The van der Waals surface area contributed by atoms with E-state index < -0.39 is 237 Å². The SMILES string of the molecule is CC(C)Oc1ccc([Si](CCC(F)(F)C(F)(F)C(F)(F)C(F)(F)C(F)(F)C(F)(F)C(F)(F)C(F)(F)F)(CCC(F)(F)C(F)(F)C(F)(F)C(F)(F)C(F)(F)C(F)(F)C(F)(F)C(F)(F)F)CCC(F)(F)C(F)(F)C(F)(F)C(F)(F)C(F)(F)C(F)(F)C(F)(F)C(F)(F)F)cc1[CH]=[Ru]([Cl])[Cl].Cc1cc(C)c(N2[C]N(c3c(C)cc(C)cc3C)CC2)c(C)c1. The summed E-state index contributed by atoms with van der Waals surface area (Å²) in [5, 5.41) is -2.42. The Labute approximate surface area is 647 Å². The zero-order chi connectivity index (χ0) is 94.9. The molecule has 4 rings (SSSR count). The summed E-state index contributed by atoms with van der Waals surface area (Å²) < 4.78 is 731. The molecule has 0 saturated carbocycles. The Morgan fingerprint density at radius 2 is 0.546 bits per heavy atom. The fraction of sp³-hybridized carbons (Fsp3) is 0.672. The Balaban J connectivity index is 0.00000134. The van der Waals surface area contributed by atoms with Crippen molar-refractivity contribution in [3.05, 3.63) is 88.1 Å². The fourth-order valence-electron chi connectivity index (χ4n) is 11.4. The number of aryl methyl sites for hydroxylation is 6. The van der Waals surface area contributed by atoms with Crippen molar-refractivity contribution in [1.29, 1.82) is 0 Å². The Bertz CT molecular complexity index is 3750. The fourth-order valence-corrected chi connectivity index (χ4v) is 18.1. The molecule has 2 radical (unpaired) electrons. The van der Waals surface area contributed by atoms with Gasteiger partial charge in [-0.3, -0.25) is 0 Å². The molecule has 1 saturated heterocycles. The quantitative estimate of drug-likeness (QED) is 0.0446. The van der Waals surface area contributed by atoms with Gasteiger partial charge in [-0.25, -0.2) is 0 Å². The zero-order valence-corrected chi connectivity index (χ0v) is 63.3. The molecular weight excluding hydrogens is 1950 g/mol. The molecule has 3 aromatic carbocycles. The van der Waals surface area contributed by atoms with Crippen LogP contribution in [0.3, 0.4) is 0 Å².